The van der Waals surface area contributed by atoms with Gasteiger partial charge in [0.15, 0.2) is 5.78 Å². The average Bonchev–Trinajstić information content (AvgIpc) is 3.20. The van der Waals surface area contributed by atoms with E-state index in [1.165, 1.54) is 23.1 Å². The molecule has 0 bridgehead atoms. The number of hydrogen-bond acceptors (Lipinski definition) is 7. The summed E-state index contributed by atoms with van der Waals surface area (Å²) in [6, 6.07) is 10.2. The van der Waals surface area contributed by atoms with E-state index in [4.69, 9.17) is 4.74 Å². The minimum absolute atomic E-state index is 0.0689. The molecule has 1 atom stereocenters. The van der Waals surface area contributed by atoms with Crippen molar-refractivity contribution in [2.75, 3.05) is 39.4 Å². The predicted octanol–water partition coefficient (Wildman–Crippen LogP) is 2.50. The van der Waals surface area contributed by atoms with Gasteiger partial charge in [-0.2, -0.15) is 0 Å². The minimum atomic E-state index is -0.491. The zero-order chi connectivity index (χ0) is 18.4. The first-order valence-corrected chi connectivity index (χ1v) is 9.36. The molecule has 3 rings (SSSR count). The lowest BCUT2D eigenvalue weighted by Gasteiger charge is -2.34. The standard InChI is InChI=1S/C18H21N3O4S/c22-17(14-3-1-4-15(11-14)21(23)24)13-19-12-16(18-5-2-10-26-18)20-6-8-25-9-7-20/h1-5,10-11,16,19H,6-9,12-13H2. The van der Waals surface area contributed by atoms with Crippen molar-refractivity contribution in [3.8, 4) is 0 Å². The Balaban J connectivity index is 1.60. The summed E-state index contributed by atoms with van der Waals surface area (Å²) in [6.45, 7) is 3.95. The lowest BCUT2D eigenvalue weighted by atomic mass is 10.1. The smallest absolute Gasteiger partial charge is 0.270 e. The van der Waals surface area contributed by atoms with Crippen LogP contribution in [0.2, 0.25) is 0 Å². The van der Waals surface area contributed by atoms with Crippen LogP contribution >= 0.6 is 11.3 Å². The molecule has 2 heterocycles. The van der Waals surface area contributed by atoms with E-state index in [0.717, 1.165) is 13.1 Å². The number of ketones is 1. The van der Waals surface area contributed by atoms with Gasteiger partial charge in [-0.05, 0) is 11.4 Å². The van der Waals surface area contributed by atoms with E-state index in [1.807, 2.05) is 6.07 Å². The van der Waals surface area contributed by atoms with Crippen LogP contribution in [0, 0.1) is 10.1 Å². The number of ether oxygens (including phenoxy) is 1. The summed E-state index contributed by atoms with van der Waals surface area (Å²) in [4.78, 5) is 26.3. The van der Waals surface area contributed by atoms with Crippen LogP contribution < -0.4 is 5.32 Å². The fourth-order valence-corrected chi connectivity index (χ4v) is 3.86. The van der Waals surface area contributed by atoms with Crippen LogP contribution in [0.3, 0.4) is 0 Å². The van der Waals surface area contributed by atoms with E-state index in [2.05, 4.69) is 21.7 Å². The molecular weight excluding hydrogens is 354 g/mol. The third-order valence-electron chi connectivity index (χ3n) is 4.36. The van der Waals surface area contributed by atoms with Gasteiger partial charge in [-0.1, -0.05) is 18.2 Å². The number of nitro benzene ring substituents is 1. The molecule has 1 aromatic carbocycles. The monoisotopic (exact) mass is 375 g/mol. The van der Waals surface area contributed by atoms with Crippen molar-refractivity contribution >= 4 is 22.8 Å². The second-order valence-electron chi connectivity index (χ2n) is 6.04. The lowest BCUT2D eigenvalue weighted by molar-refractivity contribution is -0.384. The highest BCUT2D eigenvalue weighted by Gasteiger charge is 2.23. The van der Waals surface area contributed by atoms with Crippen LogP contribution in [0.4, 0.5) is 5.69 Å². The van der Waals surface area contributed by atoms with Crippen LogP contribution in [0.25, 0.3) is 0 Å². The molecule has 138 valence electrons. The molecule has 1 N–H and O–H groups in total. The second-order valence-corrected chi connectivity index (χ2v) is 7.02. The molecule has 0 radical (unpaired) electrons. The zero-order valence-electron chi connectivity index (χ0n) is 14.3. The Morgan fingerprint density at radius 1 is 1.31 bits per heavy atom. The van der Waals surface area contributed by atoms with Crippen molar-refractivity contribution < 1.29 is 14.5 Å². The number of rotatable bonds is 8. The number of benzene rings is 1. The number of nitrogens with one attached hydrogen (secondary N) is 1. The molecule has 0 spiro atoms. The number of nitrogens with zero attached hydrogens (tertiary/aromatic N) is 2. The van der Waals surface area contributed by atoms with E-state index in [0.29, 0.717) is 25.3 Å². The second kappa shape index (κ2) is 9.00. The molecule has 1 aliphatic rings. The maximum absolute atomic E-state index is 12.3. The van der Waals surface area contributed by atoms with Gasteiger partial charge >= 0.3 is 0 Å². The molecule has 1 fully saturated rings. The van der Waals surface area contributed by atoms with E-state index < -0.39 is 4.92 Å². The van der Waals surface area contributed by atoms with Gasteiger partial charge in [0, 0.05) is 42.2 Å². The zero-order valence-corrected chi connectivity index (χ0v) is 15.1. The van der Waals surface area contributed by atoms with Crippen molar-refractivity contribution in [3.05, 3.63) is 62.3 Å². The summed E-state index contributed by atoms with van der Waals surface area (Å²) in [5.74, 6) is -0.152. The Morgan fingerprint density at radius 3 is 2.81 bits per heavy atom. The maximum Gasteiger partial charge on any atom is 0.270 e. The van der Waals surface area contributed by atoms with Crippen LogP contribution in [0.1, 0.15) is 21.3 Å². The number of morpholine rings is 1. The largest absolute Gasteiger partial charge is 0.379 e. The normalized spacial score (nSPS) is 16.3. The summed E-state index contributed by atoms with van der Waals surface area (Å²) in [6.07, 6.45) is 0. The fourth-order valence-electron chi connectivity index (χ4n) is 3.00. The topological polar surface area (TPSA) is 84.7 Å². The third-order valence-corrected chi connectivity index (χ3v) is 5.33. The van der Waals surface area contributed by atoms with E-state index in [-0.39, 0.29) is 24.1 Å². The number of Topliss-reactive ketones (excluding diaryl/α,β-unsaturated/α-hetero) is 1. The first kappa shape index (κ1) is 18.7. The molecular formula is C18H21N3O4S. The molecule has 1 aliphatic heterocycles. The van der Waals surface area contributed by atoms with E-state index in [9.17, 15) is 14.9 Å². The molecule has 7 nitrogen and oxygen atoms in total. The molecule has 0 amide bonds. The predicted molar refractivity (Wildman–Crippen MR) is 99.7 cm³/mol. The Hall–Kier alpha value is -2.13. The van der Waals surface area contributed by atoms with Crippen LogP contribution in [0.5, 0.6) is 0 Å². The van der Waals surface area contributed by atoms with Gasteiger partial charge in [0.25, 0.3) is 5.69 Å². The highest BCUT2D eigenvalue weighted by atomic mass is 32.1. The molecule has 1 aromatic heterocycles. The van der Waals surface area contributed by atoms with Crippen molar-refractivity contribution in [2.45, 2.75) is 6.04 Å². The molecule has 2 aromatic rings. The maximum atomic E-state index is 12.3. The van der Waals surface area contributed by atoms with Gasteiger partial charge in [0.2, 0.25) is 0 Å². The molecule has 0 saturated carbocycles. The Morgan fingerprint density at radius 2 is 2.12 bits per heavy atom. The van der Waals surface area contributed by atoms with Crippen LogP contribution in [-0.2, 0) is 4.74 Å². The van der Waals surface area contributed by atoms with E-state index in [1.54, 1.807) is 17.4 Å². The molecule has 1 unspecified atom stereocenters. The summed E-state index contributed by atoms with van der Waals surface area (Å²) in [5, 5.41) is 16.1. The molecule has 8 heteroatoms. The van der Waals surface area contributed by atoms with Gasteiger partial charge in [-0.25, -0.2) is 0 Å². The number of hydrogen-bond donors (Lipinski definition) is 1. The Labute approximate surface area is 155 Å². The summed E-state index contributed by atoms with van der Waals surface area (Å²) >= 11 is 1.70. The number of carbonyl (C=O) groups excluding carboxylic acids is 1. The Kier molecular flexibility index (Phi) is 6.45. The lowest BCUT2D eigenvalue weighted by Crippen LogP contribution is -2.43. The summed E-state index contributed by atoms with van der Waals surface area (Å²) in [7, 11) is 0. The van der Waals surface area contributed by atoms with Crippen LogP contribution in [-0.4, -0.2) is 55.0 Å². The summed E-state index contributed by atoms with van der Waals surface area (Å²) < 4.78 is 5.43. The number of thiophene rings is 1. The third kappa shape index (κ3) is 4.73. The van der Waals surface area contributed by atoms with Crippen molar-refractivity contribution in [2.24, 2.45) is 0 Å². The van der Waals surface area contributed by atoms with Crippen molar-refractivity contribution in [3.63, 3.8) is 0 Å². The Bertz CT molecular complexity index is 745. The van der Waals surface area contributed by atoms with Crippen LogP contribution in [0.15, 0.2) is 41.8 Å². The SMILES string of the molecule is O=C(CNCC(c1cccs1)N1CCOCC1)c1cccc([N+](=O)[O-])c1. The first-order chi connectivity index (χ1) is 12.6. The van der Waals surface area contributed by atoms with Crippen molar-refractivity contribution in [1.29, 1.82) is 0 Å². The molecule has 26 heavy (non-hydrogen) atoms. The van der Waals surface area contributed by atoms with E-state index >= 15 is 0 Å². The minimum Gasteiger partial charge on any atom is -0.379 e. The van der Waals surface area contributed by atoms with Gasteiger partial charge in [0.1, 0.15) is 0 Å². The van der Waals surface area contributed by atoms with Gasteiger partial charge in [-0.3, -0.25) is 19.8 Å². The number of carbonyl (C=O) groups is 1. The van der Waals surface area contributed by atoms with Gasteiger partial charge < -0.3 is 10.1 Å². The molecule has 0 aliphatic carbocycles. The average molecular weight is 375 g/mol. The quantitative estimate of drug-likeness (QED) is 0.434. The van der Waals surface area contributed by atoms with Gasteiger partial charge in [-0.15, -0.1) is 11.3 Å². The van der Waals surface area contributed by atoms with Crippen molar-refractivity contribution in [1.82, 2.24) is 10.2 Å². The number of non-ortho nitro benzene ring substituents is 1. The van der Waals surface area contributed by atoms with Gasteiger partial charge in [0.05, 0.1) is 30.7 Å². The highest BCUT2D eigenvalue weighted by molar-refractivity contribution is 7.10. The summed E-state index contributed by atoms with van der Waals surface area (Å²) in [5.41, 5.74) is 0.284. The molecule has 1 saturated heterocycles. The highest BCUT2D eigenvalue weighted by Crippen LogP contribution is 2.25. The number of nitro groups is 1. The fraction of sp³-hybridized carbons (Fsp3) is 0.389. The first-order valence-electron chi connectivity index (χ1n) is 8.49.